The van der Waals surface area contributed by atoms with Crippen molar-refractivity contribution in [1.29, 1.82) is 0 Å². The van der Waals surface area contributed by atoms with Crippen LogP contribution >= 0.6 is 11.6 Å². The third-order valence-electron chi connectivity index (χ3n) is 5.96. The Morgan fingerprint density at radius 1 is 1.09 bits per heavy atom. The SMILES string of the molecule is CC[C@@H](C)NC(=O)[C@@H](C)N(Cc1ccccc1)C(=O)CCCN(c1cc(Cl)ccc1C)S(C)(=O)=O. The molecule has 0 aliphatic rings. The molecule has 35 heavy (non-hydrogen) atoms. The Morgan fingerprint density at radius 3 is 2.34 bits per heavy atom. The third kappa shape index (κ3) is 8.54. The molecule has 0 saturated heterocycles. The van der Waals surface area contributed by atoms with Crippen LogP contribution in [0.2, 0.25) is 5.02 Å². The Bertz CT molecular complexity index is 1110. The van der Waals surface area contributed by atoms with E-state index in [1.807, 2.05) is 51.1 Å². The van der Waals surface area contributed by atoms with Crippen LogP contribution in [0, 0.1) is 6.92 Å². The molecule has 0 bridgehead atoms. The number of aryl methyl sites for hydroxylation is 1. The van der Waals surface area contributed by atoms with Gasteiger partial charge in [-0.1, -0.05) is 54.9 Å². The van der Waals surface area contributed by atoms with Crippen LogP contribution < -0.4 is 9.62 Å². The van der Waals surface area contributed by atoms with Gasteiger partial charge in [0.15, 0.2) is 0 Å². The molecule has 0 aromatic heterocycles. The molecule has 2 aromatic rings. The van der Waals surface area contributed by atoms with E-state index in [1.165, 1.54) is 4.31 Å². The van der Waals surface area contributed by atoms with E-state index in [0.29, 0.717) is 17.1 Å². The minimum absolute atomic E-state index is 0.00267. The van der Waals surface area contributed by atoms with E-state index in [-0.39, 0.29) is 37.4 Å². The van der Waals surface area contributed by atoms with Crippen molar-refractivity contribution < 1.29 is 18.0 Å². The van der Waals surface area contributed by atoms with Gasteiger partial charge < -0.3 is 10.2 Å². The van der Waals surface area contributed by atoms with Gasteiger partial charge in [-0.15, -0.1) is 0 Å². The van der Waals surface area contributed by atoms with E-state index >= 15 is 0 Å². The minimum atomic E-state index is -3.58. The summed E-state index contributed by atoms with van der Waals surface area (Å²) in [6.45, 7) is 7.85. The molecule has 9 heteroatoms. The van der Waals surface area contributed by atoms with E-state index in [1.54, 1.807) is 30.0 Å². The van der Waals surface area contributed by atoms with Gasteiger partial charge in [-0.2, -0.15) is 0 Å². The highest BCUT2D eigenvalue weighted by Crippen LogP contribution is 2.27. The summed E-state index contributed by atoms with van der Waals surface area (Å²) in [5, 5.41) is 3.38. The molecule has 0 radical (unpaired) electrons. The van der Waals surface area contributed by atoms with Crippen LogP contribution in [0.5, 0.6) is 0 Å². The first kappa shape index (κ1) is 28.7. The van der Waals surface area contributed by atoms with Gasteiger partial charge in [0, 0.05) is 30.6 Å². The Balaban J connectivity index is 2.18. The van der Waals surface area contributed by atoms with Crippen LogP contribution in [0.4, 0.5) is 5.69 Å². The number of carbonyl (C=O) groups excluding carboxylic acids is 2. The number of rotatable bonds is 12. The molecule has 2 aromatic carbocycles. The summed E-state index contributed by atoms with van der Waals surface area (Å²) in [5.41, 5.74) is 2.18. The first-order valence-electron chi connectivity index (χ1n) is 11.8. The molecule has 2 atom stereocenters. The Labute approximate surface area is 214 Å². The average Bonchev–Trinajstić information content (AvgIpc) is 2.81. The highest BCUT2D eigenvalue weighted by atomic mass is 35.5. The van der Waals surface area contributed by atoms with Crippen LogP contribution in [-0.2, 0) is 26.2 Å². The topological polar surface area (TPSA) is 86.8 Å². The molecule has 0 aliphatic carbocycles. The summed E-state index contributed by atoms with van der Waals surface area (Å²) in [7, 11) is -3.58. The van der Waals surface area contributed by atoms with E-state index in [9.17, 15) is 18.0 Å². The number of benzene rings is 2. The van der Waals surface area contributed by atoms with Gasteiger partial charge >= 0.3 is 0 Å². The van der Waals surface area contributed by atoms with Crippen molar-refractivity contribution in [2.24, 2.45) is 0 Å². The van der Waals surface area contributed by atoms with Crippen molar-refractivity contribution in [1.82, 2.24) is 10.2 Å². The van der Waals surface area contributed by atoms with Gasteiger partial charge in [0.05, 0.1) is 11.9 Å². The number of sulfonamides is 1. The second kappa shape index (κ2) is 12.9. The molecule has 0 heterocycles. The maximum atomic E-state index is 13.3. The average molecular weight is 522 g/mol. The first-order chi connectivity index (χ1) is 16.4. The highest BCUT2D eigenvalue weighted by Gasteiger charge is 2.27. The lowest BCUT2D eigenvalue weighted by Crippen LogP contribution is -2.49. The number of carbonyl (C=O) groups is 2. The number of nitrogens with one attached hydrogen (secondary N) is 1. The molecule has 0 fully saturated rings. The molecular formula is C26H36ClN3O4S. The molecule has 7 nitrogen and oxygen atoms in total. The number of hydrogen-bond acceptors (Lipinski definition) is 4. The van der Waals surface area contributed by atoms with Crippen molar-refractivity contribution in [2.75, 3.05) is 17.1 Å². The molecule has 2 amide bonds. The maximum Gasteiger partial charge on any atom is 0.242 e. The predicted octanol–water partition coefficient (Wildman–Crippen LogP) is 4.53. The van der Waals surface area contributed by atoms with E-state index in [0.717, 1.165) is 23.8 Å². The fourth-order valence-corrected chi connectivity index (χ4v) is 4.84. The van der Waals surface area contributed by atoms with Crippen LogP contribution in [-0.4, -0.2) is 50.0 Å². The lowest BCUT2D eigenvalue weighted by Gasteiger charge is -2.30. The van der Waals surface area contributed by atoms with Gasteiger partial charge in [-0.25, -0.2) is 8.42 Å². The monoisotopic (exact) mass is 521 g/mol. The van der Waals surface area contributed by atoms with Crippen molar-refractivity contribution >= 4 is 39.1 Å². The highest BCUT2D eigenvalue weighted by molar-refractivity contribution is 7.92. The Morgan fingerprint density at radius 2 is 1.74 bits per heavy atom. The summed E-state index contributed by atoms with van der Waals surface area (Å²) in [6.07, 6.45) is 2.32. The fraction of sp³-hybridized carbons (Fsp3) is 0.462. The number of anilines is 1. The zero-order valence-electron chi connectivity index (χ0n) is 21.1. The third-order valence-corrected chi connectivity index (χ3v) is 7.37. The molecule has 192 valence electrons. The fourth-order valence-electron chi connectivity index (χ4n) is 3.66. The summed E-state index contributed by atoms with van der Waals surface area (Å²) in [4.78, 5) is 27.7. The Kier molecular flexibility index (Phi) is 10.6. The zero-order valence-corrected chi connectivity index (χ0v) is 22.7. The first-order valence-corrected chi connectivity index (χ1v) is 14.0. The zero-order chi connectivity index (χ0) is 26.2. The molecular weight excluding hydrogens is 486 g/mol. The van der Waals surface area contributed by atoms with Crippen LogP contribution in [0.25, 0.3) is 0 Å². The number of nitrogens with zero attached hydrogens (tertiary/aromatic N) is 2. The van der Waals surface area contributed by atoms with Gasteiger partial charge in [-0.05, 0) is 56.9 Å². The number of amides is 2. The second-order valence-electron chi connectivity index (χ2n) is 8.87. The van der Waals surface area contributed by atoms with Crippen LogP contribution in [0.3, 0.4) is 0 Å². The van der Waals surface area contributed by atoms with Gasteiger partial charge in [0.1, 0.15) is 6.04 Å². The lowest BCUT2D eigenvalue weighted by atomic mass is 10.1. The number of hydrogen-bond donors (Lipinski definition) is 1. The smallest absolute Gasteiger partial charge is 0.242 e. The quantitative estimate of drug-likeness (QED) is 0.444. The summed E-state index contributed by atoms with van der Waals surface area (Å²) < 4.78 is 26.3. The maximum absolute atomic E-state index is 13.3. The van der Waals surface area contributed by atoms with E-state index in [4.69, 9.17) is 11.6 Å². The van der Waals surface area contributed by atoms with Crippen molar-refractivity contribution in [3.05, 3.63) is 64.7 Å². The molecule has 0 unspecified atom stereocenters. The normalized spacial score (nSPS) is 13.1. The van der Waals surface area contributed by atoms with Gasteiger partial charge in [0.25, 0.3) is 0 Å². The Hall–Kier alpha value is -2.58. The molecule has 1 N–H and O–H groups in total. The second-order valence-corrected chi connectivity index (χ2v) is 11.2. The van der Waals surface area contributed by atoms with Crippen molar-refractivity contribution in [2.45, 2.75) is 65.6 Å². The minimum Gasteiger partial charge on any atom is -0.352 e. The van der Waals surface area contributed by atoms with E-state index < -0.39 is 16.1 Å². The van der Waals surface area contributed by atoms with Gasteiger partial charge in [0.2, 0.25) is 21.8 Å². The summed E-state index contributed by atoms with van der Waals surface area (Å²) >= 11 is 6.10. The van der Waals surface area contributed by atoms with Crippen LogP contribution in [0.15, 0.2) is 48.5 Å². The number of halogens is 1. The molecule has 2 rings (SSSR count). The van der Waals surface area contributed by atoms with Gasteiger partial charge in [-0.3, -0.25) is 13.9 Å². The van der Waals surface area contributed by atoms with Crippen LogP contribution in [0.1, 0.15) is 51.2 Å². The van der Waals surface area contributed by atoms with Crippen molar-refractivity contribution in [3.8, 4) is 0 Å². The van der Waals surface area contributed by atoms with Crippen molar-refractivity contribution in [3.63, 3.8) is 0 Å². The molecule has 0 spiro atoms. The standard InChI is InChI=1S/C26H36ClN3O4S/c1-6-20(3)28-26(32)21(4)29(18-22-11-8-7-9-12-22)25(31)13-10-16-30(35(5,33)34)24-17-23(27)15-14-19(24)2/h7-9,11-12,14-15,17,20-21H,6,10,13,16,18H2,1-5H3,(H,28,32)/t20-,21-/m1/s1. The largest absolute Gasteiger partial charge is 0.352 e. The predicted molar refractivity (Wildman–Crippen MR) is 142 cm³/mol. The lowest BCUT2D eigenvalue weighted by molar-refractivity contribution is -0.140. The summed E-state index contributed by atoms with van der Waals surface area (Å²) in [6, 6.07) is 13.9. The molecule has 0 aliphatic heterocycles. The summed E-state index contributed by atoms with van der Waals surface area (Å²) in [5.74, 6) is -0.423. The molecule has 0 saturated carbocycles. The van der Waals surface area contributed by atoms with E-state index in [2.05, 4.69) is 5.32 Å².